The van der Waals surface area contributed by atoms with Crippen molar-refractivity contribution in [3.05, 3.63) is 29.8 Å². The molecule has 0 amide bonds. The van der Waals surface area contributed by atoms with Crippen LogP contribution in [0.3, 0.4) is 0 Å². The lowest BCUT2D eigenvalue weighted by Gasteiger charge is -2.40. The largest absolute Gasteiger partial charge is 0.497 e. The van der Waals surface area contributed by atoms with Crippen molar-refractivity contribution in [1.82, 2.24) is 0 Å². The molecule has 1 aromatic rings. The smallest absolute Gasteiger partial charge is 0.118 e. The molecule has 106 valence electrons. The van der Waals surface area contributed by atoms with Gasteiger partial charge >= 0.3 is 0 Å². The quantitative estimate of drug-likeness (QED) is 0.574. The van der Waals surface area contributed by atoms with Gasteiger partial charge in [0.25, 0.3) is 0 Å². The van der Waals surface area contributed by atoms with Gasteiger partial charge in [0.1, 0.15) is 36.3 Å². The lowest BCUT2D eigenvalue weighted by atomic mass is 9.91. The lowest BCUT2D eigenvalue weighted by molar-refractivity contribution is -0.231. The fourth-order valence-electron chi connectivity index (χ4n) is 2.17. The Balaban J connectivity index is 2.21. The Bertz CT molecular complexity index is 404. The molecule has 0 radical (unpaired) electrons. The molecule has 1 aromatic carbocycles. The van der Waals surface area contributed by atoms with Crippen LogP contribution in [0.4, 0.5) is 0 Å². The molecule has 1 saturated heterocycles. The zero-order chi connectivity index (χ0) is 14.0. The molecular formula is C13H18O6. The van der Waals surface area contributed by atoms with Gasteiger partial charge in [-0.1, -0.05) is 12.1 Å². The first-order chi connectivity index (χ1) is 9.08. The highest BCUT2D eigenvalue weighted by atomic mass is 16.5. The van der Waals surface area contributed by atoms with Gasteiger partial charge in [-0.2, -0.15) is 0 Å². The molecule has 0 aliphatic carbocycles. The topological polar surface area (TPSA) is 99.4 Å². The molecule has 19 heavy (non-hydrogen) atoms. The first-order valence-corrected chi connectivity index (χ1v) is 6.03. The predicted octanol–water partition coefficient (Wildman–Crippen LogP) is -0.790. The minimum Gasteiger partial charge on any atom is -0.497 e. The SMILES string of the molecule is COc1ccc([C@H]2O[C@H](CO)[C@@H](O)[C@H](O)[C@@H]2O)cc1. The molecule has 0 spiro atoms. The number of benzene rings is 1. The van der Waals surface area contributed by atoms with Crippen molar-refractivity contribution in [2.24, 2.45) is 0 Å². The number of rotatable bonds is 3. The highest BCUT2D eigenvalue weighted by Crippen LogP contribution is 2.32. The summed E-state index contributed by atoms with van der Waals surface area (Å²) in [5.41, 5.74) is 0.637. The van der Waals surface area contributed by atoms with E-state index in [0.717, 1.165) is 0 Å². The zero-order valence-electron chi connectivity index (χ0n) is 10.5. The van der Waals surface area contributed by atoms with E-state index in [0.29, 0.717) is 11.3 Å². The van der Waals surface area contributed by atoms with E-state index in [4.69, 9.17) is 14.6 Å². The van der Waals surface area contributed by atoms with Crippen LogP contribution >= 0.6 is 0 Å². The molecule has 6 heteroatoms. The summed E-state index contributed by atoms with van der Waals surface area (Å²) >= 11 is 0. The fourth-order valence-corrected chi connectivity index (χ4v) is 2.17. The van der Waals surface area contributed by atoms with Crippen molar-refractivity contribution in [2.75, 3.05) is 13.7 Å². The molecular weight excluding hydrogens is 252 g/mol. The summed E-state index contributed by atoms with van der Waals surface area (Å²) in [6.45, 7) is -0.433. The molecule has 0 saturated carbocycles. The minimum absolute atomic E-state index is 0.433. The third-order valence-electron chi connectivity index (χ3n) is 3.34. The highest BCUT2D eigenvalue weighted by molar-refractivity contribution is 5.29. The van der Waals surface area contributed by atoms with Crippen LogP contribution in [0.5, 0.6) is 5.75 Å². The molecule has 0 bridgehead atoms. The van der Waals surface area contributed by atoms with Crippen LogP contribution in [-0.4, -0.2) is 58.6 Å². The molecule has 4 N–H and O–H groups in total. The summed E-state index contributed by atoms with van der Waals surface area (Å²) < 4.78 is 10.5. The Hall–Kier alpha value is -1.18. The standard InChI is InChI=1S/C13H18O6/c1-18-8-4-2-7(3-5-8)13-12(17)11(16)10(15)9(6-14)19-13/h2-5,9-17H,6H2,1H3/t9-,10-,11+,12+,13-/m1/s1. The second-order valence-electron chi connectivity index (χ2n) is 4.52. The molecule has 1 aliphatic rings. The number of hydrogen-bond acceptors (Lipinski definition) is 6. The van der Waals surface area contributed by atoms with Gasteiger partial charge in [0.2, 0.25) is 0 Å². The molecule has 2 rings (SSSR count). The summed E-state index contributed by atoms with van der Waals surface area (Å²) in [6.07, 6.45) is -5.66. The Labute approximate surface area is 110 Å². The van der Waals surface area contributed by atoms with Crippen LogP contribution in [0, 0.1) is 0 Å². The summed E-state index contributed by atoms with van der Waals surface area (Å²) in [5, 5.41) is 38.5. The molecule has 5 atom stereocenters. The average molecular weight is 270 g/mol. The maximum absolute atomic E-state index is 9.95. The number of ether oxygens (including phenoxy) is 2. The van der Waals surface area contributed by atoms with Crippen molar-refractivity contribution >= 4 is 0 Å². The Morgan fingerprint density at radius 3 is 2.21 bits per heavy atom. The van der Waals surface area contributed by atoms with E-state index in [2.05, 4.69) is 0 Å². The predicted molar refractivity (Wildman–Crippen MR) is 65.7 cm³/mol. The van der Waals surface area contributed by atoms with Gasteiger partial charge < -0.3 is 29.9 Å². The second kappa shape index (κ2) is 5.85. The summed E-state index contributed by atoms with van der Waals surface area (Å²) in [7, 11) is 1.54. The van der Waals surface area contributed by atoms with Gasteiger partial charge in [-0.3, -0.25) is 0 Å². The molecule has 0 aromatic heterocycles. The van der Waals surface area contributed by atoms with Crippen molar-refractivity contribution in [1.29, 1.82) is 0 Å². The summed E-state index contributed by atoms with van der Waals surface area (Å²) in [5.74, 6) is 0.661. The Morgan fingerprint density at radius 2 is 1.68 bits per heavy atom. The molecule has 1 heterocycles. The van der Waals surface area contributed by atoms with E-state index < -0.39 is 37.1 Å². The maximum Gasteiger partial charge on any atom is 0.118 e. The Kier molecular flexibility index (Phi) is 4.38. The van der Waals surface area contributed by atoms with Gasteiger partial charge in [-0.15, -0.1) is 0 Å². The monoisotopic (exact) mass is 270 g/mol. The molecule has 1 aliphatic heterocycles. The normalized spacial score (nSPS) is 35.1. The first kappa shape index (κ1) is 14.2. The van der Waals surface area contributed by atoms with Crippen LogP contribution in [0.1, 0.15) is 11.7 Å². The summed E-state index contributed by atoms with van der Waals surface area (Å²) in [4.78, 5) is 0. The number of aliphatic hydroxyl groups excluding tert-OH is 4. The third-order valence-corrected chi connectivity index (χ3v) is 3.34. The van der Waals surface area contributed by atoms with E-state index in [1.807, 2.05) is 0 Å². The lowest BCUT2D eigenvalue weighted by Crippen LogP contribution is -2.55. The van der Waals surface area contributed by atoms with Gasteiger partial charge in [0.05, 0.1) is 13.7 Å². The van der Waals surface area contributed by atoms with Crippen molar-refractivity contribution in [2.45, 2.75) is 30.5 Å². The van der Waals surface area contributed by atoms with Gasteiger partial charge in [-0.25, -0.2) is 0 Å². The van der Waals surface area contributed by atoms with Gasteiger partial charge in [-0.05, 0) is 17.7 Å². The second-order valence-corrected chi connectivity index (χ2v) is 4.52. The number of aliphatic hydroxyl groups is 4. The van der Waals surface area contributed by atoms with Crippen LogP contribution in [-0.2, 0) is 4.74 Å². The van der Waals surface area contributed by atoms with E-state index in [9.17, 15) is 15.3 Å². The van der Waals surface area contributed by atoms with Crippen molar-refractivity contribution < 1.29 is 29.9 Å². The van der Waals surface area contributed by atoms with Crippen LogP contribution in [0.2, 0.25) is 0 Å². The fraction of sp³-hybridized carbons (Fsp3) is 0.538. The maximum atomic E-state index is 9.95. The highest BCUT2D eigenvalue weighted by Gasteiger charge is 2.43. The Morgan fingerprint density at radius 1 is 1.05 bits per heavy atom. The van der Waals surface area contributed by atoms with Gasteiger partial charge in [0.15, 0.2) is 0 Å². The van der Waals surface area contributed by atoms with E-state index in [1.54, 1.807) is 31.4 Å². The minimum atomic E-state index is -1.36. The number of hydrogen-bond donors (Lipinski definition) is 4. The summed E-state index contributed by atoms with van der Waals surface area (Å²) in [6, 6.07) is 6.81. The average Bonchev–Trinajstić information content (AvgIpc) is 2.45. The third kappa shape index (κ3) is 2.72. The van der Waals surface area contributed by atoms with Crippen LogP contribution < -0.4 is 4.74 Å². The number of methoxy groups -OCH3 is 1. The molecule has 1 fully saturated rings. The van der Waals surface area contributed by atoms with Crippen molar-refractivity contribution in [3.63, 3.8) is 0 Å². The van der Waals surface area contributed by atoms with E-state index in [1.165, 1.54) is 0 Å². The van der Waals surface area contributed by atoms with E-state index in [-0.39, 0.29) is 0 Å². The van der Waals surface area contributed by atoms with Crippen LogP contribution in [0.15, 0.2) is 24.3 Å². The van der Waals surface area contributed by atoms with Gasteiger partial charge in [0, 0.05) is 0 Å². The zero-order valence-corrected chi connectivity index (χ0v) is 10.5. The molecule has 0 unspecified atom stereocenters. The van der Waals surface area contributed by atoms with E-state index >= 15 is 0 Å². The molecule has 6 nitrogen and oxygen atoms in total. The van der Waals surface area contributed by atoms with Crippen molar-refractivity contribution in [3.8, 4) is 5.75 Å². The first-order valence-electron chi connectivity index (χ1n) is 6.03. The van der Waals surface area contributed by atoms with Crippen LogP contribution in [0.25, 0.3) is 0 Å².